The van der Waals surface area contributed by atoms with Crippen molar-refractivity contribution in [1.82, 2.24) is 0 Å². The third-order valence-electron chi connectivity index (χ3n) is 3.52. The van der Waals surface area contributed by atoms with Crippen LogP contribution in [0.5, 0.6) is 5.75 Å². The summed E-state index contributed by atoms with van der Waals surface area (Å²) < 4.78 is 6.04. The van der Waals surface area contributed by atoms with E-state index in [9.17, 15) is 0 Å². The van der Waals surface area contributed by atoms with Crippen molar-refractivity contribution in [1.29, 1.82) is 0 Å². The van der Waals surface area contributed by atoms with E-state index in [0.29, 0.717) is 13.2 Å². The molecule has 1 aromatic heterocycles. The van der Waals surface area contributed by atoms with Crippen LogP contribution in [0.25, 0.3) is 0 Å². The van der Waals surface area contributed by atoms with Gasteiger partial charge in [-0.3, -0.25) is 0 Å². The van der Waals surface area contributed by atoms with Crippen molar-refractivity contribution in [2.75, 3.05) is 0 Å². The fraction of sp³-hybridized carbons (Fsp3) is 0.375. The second-order valence-electron chi connectivity index (χ2n) is 4.94. The van der Waals surface area contributed by atoms with E-state index in [0.717, 1.165) is 5.75 Å². The summed E-state index contributed by atoms with van der Waals surface area (Å²) in [4.78, 5) is 2.51. The molecule has 2 rings (SSSR count). The highest BCUT2D eigenvalue weighted by molar-refractivity contribution is 7.12. The minimum absolute atomic E-state index is 0.605. The summed E-state index contributed by atoms with van der Waals surface area (Å²) in [6.07, 6.45) is 0. The van der Waals surface area contributed by atoms with E-state index in [2.05, 4.69) is 45.9 Å². The van der Waals surface area contributed by atoms with E-state index >= 15 is 0 Å². The minimum atomic E-state index is 0.605. The van der Waals surface area contributed by atoms with Crippen LogP contribution in [0.4, 0.5) is 0 Å². The predicted octanol–water partition coefficient (Wildman–Crippen LogP) is 4.02. The van der Waals surface area contributed by atoms with Crippen LogP contribution in [0.3, 0.4) is 0 Å². The summed E-state index contributed by atoms with van der Waals surface area (Å²) in [6, 6.07) is 6.41. The average molecular weight is 275 g/mol. The highest BCUT2D eigenvalue weighted by Gasteiger charge is 2.09. The van der Waals surface area contributed by atoms with Crippen LogP contribution < -0.4 is 10.5 Å². The number of hydrogen-bond acceptors (Lipinski definition) is 3. The lowest BCUT2D eigenvalue weighted by atomic mass is 10.1. The Morgan fingerprint density at radius 3 is 2.42 bits per heavy atom. The lowest BCUT2D eigenvalue weighted by Gasteiger charge is -2.13. The topological polar surface area (TPSA) is 35.2 Å². The van der Waals surface area contributed by atoms with Crippen molar-refractivity contribution in [3.8, 4) is 5.75 Å². The van der Waals surface area contributed by atoms with Gasteiger partial charge in [0.2, 0.25) is 0 Å². The van der Waals surface area contributed by atoms with Crippen molar-refractivity contribution >= 4 is 11.3 Å². The molecule has 0 saturated heterocycles. The molecule has 0 spiro atoms. The van der Waals surface area contributed by atoms with Gasteiger partial charge < -0.3 is 10.5 Å². The third kappa shape index (κ3) is 2.99. The van der Waals surface area contributed by atoms with E-state index in [1.807, 2.05) is 0 Å². The maximum Gasteiger partial charge on any atom is 0.125 e. The fourth-order valence-corrected chi connectivity index (χ4v) is 3.06. The van der Waals surface area contributed by atoms with Crippen molar-refractivity contribution in [2.24, 2.45) is 5.73 Å². The van der Waals surface area contributed by atoms with E-state index in [1.54, 1.807) is 11.3 Å². The molecule has 2 N–H and O–H groups in total. The summed E-state index contributed by atoms with van der Waals surface area (Å²) in [5.74, 6) is 1.01. The van der Waals surface area contributed by atoms with Crippen molar-refractivity contribution in [3.63, 3.8) is 0 Å². The Morgan fingerprint density at radius 2 is 1.79 bits per heavy atom. The van der Waals surface area contributed by atoms with Gasteiger partial charge in [-0.15, -0.1) is 11.3 Å². The van der Waals surface area contributed by atoms with Crippen LogP contribution in [-0.2, 0) is 13.2 Å². The fourth-order valence-electron chi connectivity index (χ4n) is 2.13. The lowest BCUT2D eigenvalue weighted by molar-refractivity contribution is 0.301. The molecule has 1 heterocycles. The number of ether oxygens (including phenoxy) is 1. The Kier molecular flexibility index (Phi) is 4.27. The highest BCUT2D eigenvalue weighted by atomic mass is 32.1. The molecule has 2 nitrogen and oxygen atoms in total. The van der Waals surface area contributed by atoms with Gasteiger partial charge in [0.1, 0.15) is 12.4 Å². The smallest absolute Gasteiger partial charge is 0.125 e. The first kappa shape index (κ1) is 14.1. The van der Waals surface area contributed by atoms with Gasteiger partial charge in [0.25, 0.3) is 0 Å². The molecule has 0 aliphatic carbocycles. The zero-order valence-corrected chi connectivity index (χ0v) is 12.9. The molecule has 102 valence electrons. The molecule has 0 amide bonds. The SMILES string of the molecule is Cc1ccc(C)c(OCc2cc(CN)sc2C)c1C. The van der Waals surface area contributed by atoms with Crippen molar-refractivity contribution < 1.29 is 4.74 Å². The summed E-state index contributed by atoms with van der Waals surface area (Å²) in [5, 5.41) is 0. The summed E-state index contributed by atoms with van der Waals surface area (Å²) in [5.41, 5.74) is 10.6. The van der Waals surface area contributed by atoms with Crippen LogP contribution in [-0.4, -0.2) is 0 Å². The highest BCUT2D eigenvalue weighted by Crippen LogP contribution is 2.28. The molecule has 1 aromatic carbocycles. The predicted molar refractivity (Wildman–Crippen MR) is 81.9 cm³/mol. The van der Waals surface area contributed by atoms with Gasteiger partial charge in [0.15, 0.2) is 0 Å². The molecule has 0 bridgehead atoms. The molecule has 0 fully saturated rings. The Balaban J connectivity index is 2.18. The zero-order chi connectivity index (χ0) is 14.0. The monoisotopic (exact) mass is 275 g/mol. The molecule has 19 heavy (non-hydrogen) atoms. The molecule has 3 heteroatoms. The number of nitrogens with two attached hydrogens (primary N) is 1. The Morgan fingerprint density at radius 1 is 1.11 bits per heavy atom. The van der Waals surface area contributed by atoms with E-state index in [4.69, 9.17) is 10.5 Å². The van der Waals surface area contributed by atoms with Crippen molar-refractivity contribution in [2.45, 2.75) is 40.8 Å². The van der Waals surface area contributed by atoms with E-state index < -0.39 is 0 Å². The first-order chi connectivity index (χ1) is 9.02. The quantitative estimate of drug-likeness (QED) is 0.914. The van der Waals surface area contributed by atoms with Crippen LogP contribution >= 0.6 is 11.3 Å². The van der Waals surface area contributed by atoms with Gasteiger partial charge >= 0.3 is 0 Å². The first-order valence-electron chi connectivity index (χ1n) is 6.50. The molecular formula is C16H21NOS. The standard InChI is InChI=1S/C16H21NOS/c1-10-5-6-11(2)16(12(10)3)18-9-14-7-15(8-17)19-13(14)4/h5-7H,8-9,17H2,1-4H3. The molecule has 0 saturated carbocycles. The molecule has 0 aliphatic rings. The number of hydrogen-bond donors (Lipinski definition) is 1. The van der Waals surface area contributed by atoms with Gasteiger partial charge in [0.05, 0.1) is 0 Å². The van der Waals surface area contributed by atoms with Gasteiger partial charge in [-0.25, -0.2) is 0 Å². The van der Waals surface area contributed by atoms with Gasteiger partial charge in [-0.05, 0) is 50.5 Å². The number of benzene rings is 1. The van der Waals surface area contributed by atoms with Crippen LogP contribution in [0.15, 0.2) is 18.2 Å². The Hall–Kier alpha value is -1.32. The van der Waals surface area contributed by atoms with E-state index in [-0.39, 0.29) is 0 Å². The maximum absolute atomic E-state index is 6.04. The molecule has 0 aliphatic heterocycles. The van der Waals surface area contributed by atoms with E-state index in [1.165, 1.54) is 32.0 Å². The largest absolute Gasteiger partial charge is 0.488 e. The summed E-state index contributed by atoms with van der Waals surface area (Å²) >= 11 is 1.76. The third-order valence-corrected chi connectivity index (χ3v) is 4.63. The van der Waals surface area contributed by atoms with Crippen LogP contribution in [0.1, 0.15) is 32.0 Å². The molecule has 2 aromatic rings. The second-order valence-corrected chi connectivity index (χ2v) is 6.28. The lowest BCUT2D eigenvalue weighted by Crippen LogP contribution is -2.00. The molecule has 0 radical (unpaired) electrons. The Labute approximate surface area is 119 Å². The molecular weight excluding hydrogens is 254 g/mol. The maximum atomic E-state index is 6.04. The van der Waals surface area contributed by atoms with Crippen molar-refractivity contribution in [3.05, 3.63) is 50.2 Å². The Bertz CT molecular complexity index is 587. The number of thiophene rings is 1. The van der Waals surface area contributed by atoms with Gasteiger partial charge in [-0.1, -0.05) is 12.1 Å². The van der Waals surface area contributed by atoms with Crippen LogP contribution in [0, 0.1) is 27.7 Å². The minimum Gasteiger partial charge on any atom is -0.488 e. The zero-order valence-electron chi connectivity index (χ0n) is 12.0. The first-order valence-corrected chi connectivity index (χ1v) is 7.32. The normalized spacial score (nSPS) is 10.8. The summed E-state index contributed by atoms with van der Waals surface area (Å²) in [6.45, 7) is 9.67. The van der Waals surface area contributed by atoms with Crippen LogP contribution in [0.2, 0.25) is 0 Å². The van der Waals surface area contributed by atoms with Gasteiger partial charge in [0, 0.05) is 21.9 Å². The number of aryl methyl sites for hydroxylation is 3. The average Bonchev–Trinajstić information content (AvgIpc) is 2.75. The molecule has 0 unspecified atom stereocenters. The molecule has 0 atom stereocenters. The number of rotatable bonds is 4. The summed E-state index contributed by atoms with van der Waals surface area (Å²) in [7, 11) is 0. The second kappa shape index (κ2) is 5.76. The van der Waals surface area contributed by atoms with Gasteiger partial charge in [-0.2, -0.15) is 0 Å².